The minimum absolute atomic E-state index is 0.0634. The lowest BCUT2D eigenvalue weighted by Gasteiger charge is -2.25. The number of carbonyl (C=O) groups excluding carboxylic acids is 2. The maximum absolute atomic E-state index is 13.5. The molecule has 2 amide bonds. The van der Waals surface area contributed by atoms with Crippen LogP contribution in [0.25, 0.3) is 0 Å². The van der Waals surface area contributed by atoms with E-state index in [9.17, 15) is 9.59 Å². The van der Waals surface area contributed by atoms with E-state index in [1.165, 1.54) is 128 Å². The molecule has 0 aliphatic heterocycles. The molecule has 9 nitrogen and oxygen atoms in total. The third-order valence-corrected chi connectivity index (χ3v) is 8.91. The van der Waals surface area contributed by atoms with E-state index in [4.69, 9.17) is 11.5 Å². The lowest BCUT2D eigenvalue weighted by Crippen LogP contribution is -2.78. The van der Waals surface area contributed by atoms with Gasteiger partial charge < -0.3 is 21.3 Å². The van der Waals surface area contributed by atoms with Crippen molar-refractivity contribution in [1.29, 1.82) is 0 Å². The van der Waals surface area contributed by atoms with E-state index in [1.807, 2.05) is 4.90 Å². The van der Waals surface area contributed by atoms with E-state index < -0.39 is 6.04 Å². The van der Waals surface area contributed by atoms with Crippen LogP contribution in [-0.2, 0) is 9.59 Å². The number of rotatable bonds is 33. The minimum atomic E-state index is -0.486. The molecule has 0 aliphatic rings. The van der Waals surface area contributed by atoms with Crippen LogP contribution in [0.3, 0.4) is 0 Å². The van der Waals surface area contributed by atoms with Crippen molar-refractivity contribution < 1.29 is 20.3 Å². The van der Waals surface area contributed by atoms with Gasteiger partial charge in [-0.05, 0) is 32.7 Å². The smallest absolute Gasteiger partial charge is 0.338 e. The molecule has 0 saturated carbocycles. The summed E-state index contributed by atoms with van der Waals surface area (Å²) in [7, 11) is 1.77. The molecule has 0 aromatic rings. The summed E-state index contributed by atoms with van der Waals surface area (Å²) in [4.78, 5) is 31.1. The molecule has 0 radical (unpaired) electrons. The Labute approximate surface area is 278 Å². The summed E-state index contributed by atoms with van der Waals surface area (Å²) >= 11 is 0. The Morgan fingerprint density at radius 3 is 1.44 bits per heavy atom. The Hall–Kier alpha value is -1.87. The molecule has 0 aliphatic carbocycles. The summed E-state index contributed by atoms with van der Waals surface area (Å²) in [6.07, 6.45) is 29.9. The van der Waals surface area contributed by atoms with Gasteiger partial charge in [-0.1, -0.05) is 142 Å². The van der Waals surface area contributed by atoms with Crippen LogP contribution >= 0.6 is 0 Å². The fourth-order valence-corrected chi connectivity index (χ4v) is 5.90. The van der Waals surface area contributed by atoms with Crippen LogP contribution in [0.4, 0.5) is 0 Å². The van der Waals surface area contributed by atoms with Crippen LogP contribution < -0.4 is 32.8 Å². The molecule has 0 saturated heterocycles. The van der Waals surface area contributed by atoms with E-state index in [1.54, 1.807) is 7.05 Å². The second-order valence-electron chi connectivity index (χ2n) is 13.2. The van der Waals surface area contributed by atoms with Crippen molar-refractivity contribution in [2.75, 3.05) is 33.2 Å². The summed E-state index contributed by atoms with van der Waals surface area (Å²) in [5.74, 6) is 0.143. The van der Waals surface area contributed by atoms with Gasteiger partial charge in [-0.15, -0.1) is 0 Å². The number of amides is 2. The number of guanidine groups is 1. The molecular formula is C36H77N7O2+2. The summed E-state index contributed by atoms with van der Waals surface area (Å²) in [5.41, 5.74) is 15.0. The van der Waals surface area contributed by atoms with Crippen LogP contribution in [0.1, 0.15) is 168 Å². The van der Waals surface area contributed by atoms with Crippen molar-refractivity contribution in [2.45, 2.75) is 180 Å². The Morgan fingerprint density at radius 2 is 1.07 bits per heavy atom. The molecule has 0 heterocycles. The van der Waals surface area contributed by atoms with Crippen molar-refractivity contribution in [3.8, 4) is 0 Å². The average molecular weight is 640 g/mol. The quantitative estimate of drug-likeness (QED) is 0.0365. The van der Waals surface area contributed by atoms with Crippen molar-refractivity contribution >= 4 is 17.8 Å². The van der Waals surface area contributed by atoms with Gasteiger partial charge in [0.1, 0.15) is 0 Å². The Kier molecular flexibility index (Phi) is 30.8. The topological polar surface area (TPSA) is 155 Å². The minimum Gasteiger partial charge on any atom is -0.348 e. The van der Waals surface area contributed by atoms with E-state index in [-0.39, 0.29) is 30.4 Å². The zero-order valence-electron chi connectivity index (χ0n) is 30.1. The molecule has 10 N–H and O–H groups in total. The van der Waals surface area contributed by atoms with Gasteiger partial charge in [0, 0.05) is 13.1 Å². The Bertz CT molecular complexity index is 716. The lowest BCUT2D eigenvalue weighted by molar-refractivity contribution is -0.459. The number of hydrogen-bond donors (Lipinski definition) is 6. The number of likely N-dealkylation sites (N-methyl/N-ethyl adjacent to an activating group) is 1. The molecule has 0 rings (SSSR count). The van der Waals surface area contributed by atoms with Gasteiger partial charge >= 0.3 is 5.96 Å². The number of quaternary nitrogens is 1. The molecule has 2 atom stereocenters. The molecule has 266 valence electrons. The number of nitrogens with two attached hydrogens (primary N) is 2. The third kappa shape index (κ3) is 27.0. The molecule has 2 unspecified atom stereocenters. The van der Waals surface area contributed by atoms with Crippen molar-refractivity contribution in [3.05, 3.63) is 0 Å². The maximum atomic E-state index is 13.5. The standard InChI is InChI=1S/C36H75N7O2/c1-4-6-8-10-12-14-16-17-19-21-23-25-30-43(29-24-22-20-18-15-13-11-9-7-5-2)35(45)32(37)31-42-34(44)33(40-3)27-26-28-41-36(38)39/h32-33,40H,4-31,37H2,1-3H3,(H,42,44)(H4,38,39,41)/p+2. The van der Waals surface area contributed by atoms with Crippen LogP contribution in [0.2, 0.25) is 0 Å². The number of nitrogens with one attached hydrogen (secondary N) is 3. The van der Waals surface area contributed by atoms with Gasteiger partial charge in [0.15, 0.2) is 6.04 Å². The first-order valence-electron chi connectivity index (χ1n) is 19.1. The molecule has 0 aromatic carbocycles. The summed E-state index contributed by atoms with van der Waals surface area (Å²) in [6, 6.07) is -0.822. The van der Waals surface area contributed by atoms with Gasteiger partial charge in [-0.2, -0.15) is 0 Å². The zero-order chi connectivity index (χ0) is 33.4. The number of unbranched alkanes of at least 4 members (excludes halogenated alkanes) is 20. The Morgan fingerprint density at radius 1 is 0.667 bits per heavy atom. The molecule has 0 bridgehead atoms. The number of carbonyl (C=O) groups is 2. The first kappa shape index (κ1) is 43.1. The first-order chi connectivity index (χ1) is 21.9. The van der Waals surface area contributed by atoms with Crippen LogP contribution in [0, 0.1) is 0 Å². The molecular weight excluding hydrogens is 562 g/mol. The molecule has 45 heavy (non-hydrogen) atoms. The maximum Gasteiger partial charge on any atom is 0.338 e. The summed E-state index contributed by atoms with van der Waals surface area (Å²) < 4.78 is 0. The highest BCUT2D eigenvalue weighted by Crippen LogP contribution is 2.14. The first-order valence-corrected chi connectivity index (χ1v) is 19.1. The van der Waals surface area contributed by atoms with Crippen LogP contribution in [-0.4, -0.2) is 68.0 Å². The van der Waals surface area contributed by atoms with E-state index >= 15 is 0 Å². The van der Waals surface area contributed by atoms with Crippen LogP contribution in [0.15, 0.2) is 0 Å². The van der Waals surface area contributed by atoms with Gasteiger partial charge in [0.25, 0.3) is 5.91 Å². The second kappa shape index (κ2) is 32.1. The molecule has 9 heteroatoms. The summed E-state index contributed by atoms with van der Waals surface area (Å²) in [6.45, 7) is 6.98. The predicted octanol–water partition coefficient (Wildman–Crippen LogP) is 3.89. The van der Waals surface area contributed by atoms with E-state index in [0.29, 0.717) is 13.0 Å². The summed E-state index contributed by atoms with van der Waals surface area (Å²) in [5, 5.41) is 6.02. The van der Waals surface area contributed by atoms with Crippen LogP contribution in [0.5, 0.6) is 0 Å². The lowest BCUT2D eigenvalue weighted by atomic mass is 10.0. The SMILES string of the molecule is CCCCCCCCCCCCCCN(CCCCCCCCCCCC)C(=O)C([NH3+])CNC(=O)C(CCC[NH+]=C(N)N)NC. The fraction of sp³-hybridized carbons (Fsp3) is 0.917. The largest absolute Gasteiger partial charge is 0.348 e. The fourth-order valence-electron chi connectivity index (χ4n) is 5.90. The average Bonchev–Trinajstić information content (AvgIpc) is 3.03. The molecule has 0 spiro atoms. The van der Waals surface area contributed by atoms with Gasteiger partial charge in [-0.25, -0.2) is 0 Å². The predicted molar refractivity (Wildman–Crippen MR) is 190 cm³/mol. The molecule has 0 aromatic heterocycles. The highest BCUT2D eigenvalue weighted by Gasteiger charge is 2.25. The van der Waals surface area contributed by atoms with Crippen molar-refractivity contribution in [1.82, 2.24) is 15.5 Å². The monoisotopic (exact) mass is 640 g/mol. The van der Waals surface area contributed by atoms with Crippen molar-refractivity contribution in [3.63, 3.8) is 0 Å². The van der Waals surface area contributed by atoms with Gasteiger partial charge in [0.05, 0.1) is 19.1 Å². The van der Waals surface area contributed by atoms with E-state index in [0.717, 1.165) is 32.4 Å². The normalized spacial score (nSPS) is 12.5. The second-order valence-corrected chi connectivity index (χ2v) is 13.2. The highest BCUT2D eigenvalue weighted by molar-refractivity contribution is 5.84. The third-order valence-electron chi connectivity index (χ3n) is 8.91. The van der Waals surface area contributed by atoms with Gasteiger partial charge in [0.2, 0.25) is 5.91 Å². The Balaban J connectivity index is 4.57. The van der Waals surface area contributed by atoms with Gasteiger partial charge in [-0.3, -0.25) is 26.0 Å². The van der Waals surface area contributed by atoms with E-state index in [2.05, 4.69) is 35.2 Å². The highest BCUT2D eigenvalue weighted by atomic mass is 16.2. The zero-order valence-corrected chi connectivity index (χ0v) is 30.1. The number of hydrogen-bond acceptors (Lipinski definition) is 3. The number of nitrogens with zero attached hydrogens (tertiary/aromatic N) is 1. The molecule has 0 fully saturated rings. The van der Waals surface area contributed by atoms with Crippen molar-refractivity contribution in [2.24, 2.45) is 11.5 Å².